The second-order valence-electron chi connectivity index (χ2n) is 3.39. The second-order valence-corrected chi connectivity index (χ2v) is 5.44. The van der Waals surface area contributed by atoms with Crippen molar-refractivity contribution in [1.29, 1.82) is 0 Å². The molecule has 2 rings (SSSR count). The Balaban J connectivity index is 2.46. The van der Waals surface area contributed by atoms with Gasteiger partial charge in [-0.05, 0) is 12.1 Å². The maximum absolute atomic E-state index is 13.7. The van der Waals surface area contributed by atoms with Gasteiger partial charge in [0, 0.05) is 5.69 Å². The van der Waals surface area contributed by atoms with Crippen LogP contribution in [0.5, 0.6) is 0 Å². The maximum Gasteiger partial charge on any atom is 0.267 e. The van der Waals surface area contributed by atoms with Crippen LogP contribution < -0.4 is 10.5 Å². The van der Waals surface area contributed by atoms with Crippen LogP contribution in [0.2, 0.25) is 5.02 Å². The topological polar surface area (TPSA) is 111 Å². The lowest BCUT2D eigenvalue weighted by Crippen LogP contribution is -2.17. The fourth-order valence-corrected chi connectivity index (χ4v) is 2.61. The fourth-order valence-electron chi connectivity index (χ4n) is 1.25. The van der Waals surface area contributed by atoms with Crippen LogP contribution in [0.1, 0.15) is 0 Å². The van der Waals surface area contributed by atoms with Crippen LogP contribution in [0, 0.1) is 5.82 Å². The molecular weight excluding hydrogens is 297 g/mol. The SMILES string of the molecule is Nc1cc(Cl)c(F)c(S(=O)(=O)Nc2nccnn2)c1. The molecule has 0 bridgehead atoms. The molecule has 0 spiro atoms. The Morgan fingerprint density at radius 2 is 2.05 bits per heavy atom. The third-order valence-corrected chi connectivity index (χ3v) is 3.62. The third kappa shape index (κ3) is 2.88. The Morgan fingerprint density at radius 3 is 2.68 bits per heavy atom. The first-order chi connectivity index (χ1) is 8.90. The molecule has 0 aliphatic rings. The summed E-state index contributed by atoms with van der Waals surface area (Å²) in [6.45, 7) is 0. The van der Waals surface area contributed by atoms with E-state index in [1.165, 1.54) is 12.4 Å². The molecule has 0 amide bonds. The highest BCUT2D eigenvalue weighted by Gasteiger charge is 2.23. The van der Waals surface area contributed by atoms with Crippen molar-refractivity contribution in [2.24, 2.45) is 0 Å². The Kier molecular flexibility index (Phi) is 3.49. The summed E-state index contributed by atoms with van der Waals surface area (Å²) in [5.74, 6) is -1.40. The van der Waals surface area contributed by atoms with E-state index < -0.39 is 25.8 Å². The molecule has 0 aliphatic heterocycles. The molecule has 1 aromatic heterocycles. The van der Waals surface area contributed by atoms with Crippen molar-refractivity contribution in [3.63, 3.8) is 0 Å². The van der Waals surface area contributed by atoms with E-state index in [1.807, 2.05) is 4.72 Å². The predicted octanol–water partition coefficient (Wildman–Crippen LogP) is 1.05. The smallest absolute Gasteiger partial charge is 0.267 e. The van der Waals surface area contributed by atoms with Crippen molar-refractivity contribution in [2.45, 2.75) is 4.90 Å². The zero-order valence-electron chi connectivity index (χ0n) is 9.21. The molecule has 0 atom stereocenters. The van der Waals surface area contributed by atoms with Gasteiger partial charge in [-0.2, -0.15) is 5.10 Å². The van der Waals surface area contributed by atoms with Crippen LogP contribution >= 0.6 is 11.6 Å². The molecule has 0 aliphatic carbocycles. The molecule has 0 radical (unpaired) electrons. The van der Waals surface area contributed by atoms with E-state index >= 15 is 0 Å². The van der Waals surface area contributed by atoms with Gasteiger partial charge in [-0.3, -0.25) is 0 Å². The highest BCUT2D eigenvalue weighted by Crippen LogP contribution is 2.26. The lowest BCUT2D eigenvalue weighted by Gasteiger charge is -2.08. The molecule has 19 heavy (non-hydrogen) atoms. The standard InChI is InChI=1S/C9H7ClFN5O2S/c10-6-3-5(12)4-7(8(6)11)19(17,18)16-9-13-1-2-14-15-9/h1-4H,12H2,(H,13,15,16). The summed E-state index contributed by atoms with van der Waals surface area (Å²) in [5.41, 5.74) is 5.44. The Morgan fingerprint density at radius 1 is 1.32 bits per heavy atom. The van der Waals surface area contributed by atoms with Gasteiger partial charge in [0.1, 0.15) is 4.90 Å². The summed E-state index contributed by atoms with van der Waals surface area (Å²) in [6.07, 6.45) is 2.49. The number of nitrogens with zero attached hydrogens (tertiary/aromatic N) is 3. The van der Waals surface area contributed by atoms with Gasteiger partial charge in [0.2, 0.25) is 0 Å². The number of nitrogens with two attached hydrogens (primary N) is 1. The molecule has 0 saturated carbocycles. The van der Waals surface area contributed by atoms with Crippen LogP contribution in [0.25, 0.3) is 0 Å². The molecule has 2 aromatic rings. The molecule has 0 unspecified atom stereocenters. The first-order valence-electron chi connectivity index (χ1n) is 4.81. The lowest BCUT2D eigenvalue weighted by molar-refractivity contribution is 0.570. The summed E-state index contributed by atoms with van der Waals surface area (Å²) in [7, 11) is -4.24. The summed E-state index contributed by atoms with van der Waals surface area (Å²) in [4.78, 5) is 2.92. The number of rotatable bonds is 3. The summed E-state index contributed by atoms with van der Waals surface area (Å²) in [5, 5.41) is 6.47. The number of hydrogen-bond donors (Lipinski definition) is 2. The van der Waals surface area contributed by atoms with E-state index in [0.717, 1.165) is 12.1 Å². The van der Waals surface area contributed by atoms with E-state index in [2.05, 4.69) is 15.2 Å². The zero-order chi connectivity index (χ0) is 14.0. The summed E-state index contributed by atoms with van der Waals surface area (Å²) in [6, 6.07) is 2.05. The van der Waals surface area contributed by atoms with Crippen molar-refractivity contribution in [3.05, 3.63) is 35.4 Å². The van der Waals surface area contributed by atoms with Gasteiger partial charge < -0.3 is 5.73 Å². The van der Waals surface area contributed by atoms with Gasteiger partial charge in [0.05, 0.1) is 17.4 Å². The average Bonchev–Trinajstić information content (AvgIpc) is 2.34. The number of hydrogen-bond acceptors (Lipinski definition) is 6. The van der Waals surface area contributed by atoms with E-state index in [-0.39, 0.29) is 11.6 Å². The van der Waals surface area contributed by atoms with Crippen molar-refractivity contribution in [3.8, 4) is 0 Å². The van der Waals surface area contributed by atoms with Gasteiger partial charge in [0.25, 0.3) is 16.0 Å². The number of halogens is 2. The number of anilines is 2. The lowest BCUT2D eigenvalue weighted by atomic mass is 10.3. The van der Waals surface area contributed by atoms with E-state index in [0.29, 0.717) is 0 Å². The van der Waals surface area contributed by atoms with E-state index in [9.17, 15) is 12.8 Å². The minimum atomic E-state index is -4.24. The first kappa shape index (κ1) is 13.4. The monoisotopic (exact) mass is 303 g/mol. The first-order valence-corrected chi connectivity index (χ1v) is 6.67. The maximum atomic E-state index is 13.7. The highest BCUT2D eigenvalue weighted by atomic mass is 35.5. The number of aromatic nitrogens is 3. The highest BCUT2D eigenvalue weighted by molar-refractivity contribution is 7.92. The molecule has 0 fully saturated rings. The molecule has 1 aromatic carbocycles. The van der Waals surface area contributed by atoms with Gasteiger partial charge >= 0.3 is 0 Å². The van der Waals surface area contributed by atoms with Crippen molar-refractivity contribution < 1.29 is 12.8 Å². The van der Waals surface area contributed by atoms with Gasteiger partial charge in [-0.15, -0.1) is 5.10 Å². The molecule has 3 N–H and O–H groups in total. The molecule has 1 heterocycles. The zero-order valence-corrected chi connectivity index (χ0v) is 10.8. The van der Waals surface area contributed by atoms with Gasteiger partial charge in [-0.1, -0.05) is 11.6 Å². The van der Waals surface area contributed by atoms with Crippen LogP contribution in [0.3, 0.4) is 0 Å². The average molecular weight is 304 g/mol. The predicted molar refractivity (Wildman–Crippen MR) is 66.5 cm³/mol. The number of nitrogen functional groups attached to an aromatic ring is 1. The number of nitrogens with one attached hydrogen (secondary N) is 1. The molecule has 100 valence electrons. The minimum absolute atomic E-state index is 0.0129. The van der Waals surface area contributed by atoms with Crippen molar-refractivity contribution in [2.75, 3.05) is 10.5 Å². The number of benzene rings is 1. The van der Waals surface area contributed by atoms with E-state index in [4.69, 9.17) is 17.3 Å². The fraction of sp³-hybridized carbons (Fsp3) is 0. The molecule has 0 saturated heterocycles. The van der Waals surface area contributed by atoms with Crippen LogP contribution in [-0.2, 0) is 10.0 Å². The largest absolute Gasteiger partial charge is 0.399 e. The van der Waals surface area contributed by atoms with Crippen molar-refractivity contribution in [1.82, 2.24) is 15.2 Å². The van der Waals surface area contributed by atoms with Crippen LogP contribution in [0.4, 0.5) is 16.0 Å². The molecule has 10 heteroatoms. The Bertz CT molecular complexity index is 710. The van der Waals surface area contributed by atoms with Crippen LogP contribution in [0.15, 0.2) is 29.4 Å². The van der Waals surface area contributed by atoms with Gasteiger partial charge in [-0.25, -0.2) is 22.5 Å². The number of sulfonamides is 1. The Hall–Kier alpha value is -2.00. The third-order valence-electron chi connectivity index (χ3n) is 2.01. The van der Waals surface area contributed by atoms with Gasteiger partial charge in [0.15, 0.2) is 5.82 Å². The minimum Gasteiger partial charge on any atom is -0.399 e. The summed E-state index contributed by atoms with van der Waals surface area (Å²) >= 11 is 5.54. The second kappa shape index (κ2) is 4.94. The van der Waals surface area contributed by atoms with E-state index in [1.54, 1.807) is 0 Å². The quantitative estimate of drug-likeness (QED) is 0.820. The Labute approximate surface area is 112 Å². The molecule has 7 nitrogen and oxygen atoms in total. The van der Waals surface area contributed by atoms with Crippen LogP contribution in [-0.4, -0.2) is 23.6 Å². The normalized spacial score (nSPS) is 11.3. The summed E-state index contributed by atoms with van der Waals surface area (Å²) < 4.78 is 39.6. The van der Waals surface area contributed by atoms with Crippen molar-refractivity contribution >= 4 is 33.3 Å². The molecular formula is C9H7ClFN5O2S.